The summed E-state index contributed by atoms with van der Waals surface area (Å²) < 4.78 is 48.6. The van der Waals surface area contributed by atoms with Gasteiger partial charge in [-0.2, -0.15) is 0 Å². The van der Waals surface area contributed by atoms with Crippen molar-refractivity contribution in [2.45, 2.75) is 31.8 Å². The zero-order valence-electron chi connectivity index (χ0n) is 14.7. The summed E-state index contributed by atoms with van der Waals surface area (Å²) in [4.78, 5) is 61.3. The molecule has 0 aliphatic carbocycles. The minimum absolute atomic E-state index is 0.130. The Labute approximate surface area is 162 Å². The molecule has 29 heavy (non-hydrogen) atoms. The van der Waals surface area contributed by atoms with Crippen molar-refractivity contribution in [3.63, 3.8) is 0 Å². The van der Waals surface area contributed by atoms with Crippen LogP contribution < -0.4 is 11.2 Å². The Morgan fingerprint density at radius 1 is 1.21 bits per heavy atom. The van der Waals surface area contributed by atoms with Crippen molar-refractivity contribution in [3.8, 4) is 0 Å². The van der Waals surface area contributed by atoms with E-state index in [9.17, 15) is 38.2 Å². The first-order valence-electron chi connectivity index (χ1n) is 7.79. The molecular weight excluding hydrogens is 461 g/mol. The number of rotatable bonds is 8. The van der Waals surface area contributed by atoms with Crippen LogP contribution in [0, 0.1) is 6.92 Å². The average molecular weight is 480 g/mol. The van der Waals surface area contributed by atoms with Gasteiger partial charge in [-0.3, -0.25) is 23.5 Å². The second-order valence-corrected chi connectivity index (χ2v) is 11.8. The second-order valence-electron chi connectivity index (χ2n) is 6.20. The molecule has 166 valence electrons. The van der Waals surface area contributed by atoms with Gasteiger partial charge in [-0.05, 0) is 6.92 Å². The summed E-state index contributed by atoms with van der Waals surface area (Å²) in [6, 6.07) is 0. The van der Waals surface area contributed by atoms with Crippen molar-refractivity contribution in [1.82, 2.24) is 9.55 Å². The molecule has 2 rings (SSSR count). The number of ether oxygens (including phenoxy) is 1. The number of H-pyrrole nitrogens is 1. The van der Waals surface area contributed by atoms with E-state index in [4.69, 9.17) is 14.5 Å². The number of aryl methyl sites for hydroxylation is 1. The third-order valence-corrected chi connectivity index (χ3v) is 8.98. The van der Waals surface area contributed by atoms with Crippen LogP contribution in [0.2, 0.25) is 0 Å². The molecule has 0 bridgehead atoms. The third kappa shape index (κ3) is 7.06. The fourth-order valence-corrected chi connectivity index (χ4v) is 7.00. The maximum atomic E-state index is 11.9. The normalized spacial score (nSPS) is 26.8. The summed E-state index contributed by atoms with van der Waals surface area (Å²) >= 11 is 0. The third-order valence-electron chi connectivity index (χ3n) is 3.69. The number of hydrogen-bond donors (Lipinski definition) is 6. The van der Waals surface area contributed by atoms with Crippen molar-refractivity contribution in [2.75, 3.05) is 12.5 Å². The Bertz CT molecular complexity index is 1010. The highest BCUT2D eigenvalue weighted by atomic mass is 31.3. The van der Waals surface area contributed by atoms with Crippen LogP contribution >= 0.6 is 23.0 Å². The van der Waals surface area contributed by atoms with Crippen LogP contribution in [0.1, 0.15) is 18.2 Å². The maximum absolute atomic E-state index is 11.9. The van der Waals surface area contributed by atoms with Gasteiger partial charge in [0.2, 0.25) is 0 Å². The Morgan fingerprint density at radius 3 is 2.41 bits per heavy atom. The molecule has 18 heteroatoms. The van der Waals surface area contributed by atoms with Crippen LogP contribution in [-0.2, 0) is 27.3 Å². The molecule has 1 aromatic heterocycles. The van der Waals surface area contributed by atoms with Crippen molar-refractivity contribution in [1.29, 1.82) is 0 Å². The summed E-state index contributed by atoms with van der Waals surface area (Å²) in [6.45, 7) is 0.689. The largest absolute Gasteiger partial charge is 0.476 e. The van der Waals surface area contributed by atoms with E-state index in [0.29, 0.717) is 0 Å². The van der Waals surface area contributed by atoms with Crippen LogP contribution in [-0.4, -0.2) is 58.9 Å². The van der Waals surface area contributed by atoms with E-state index in [2.05, 4.69) is 13.8 Å². The number of aliphatic hydroxyl groups excluding tert-OH is 1. The van der Waals surface area contributed by atoms with Crippen LogP contribution in [0.5, 0.6) is 0 Å². The van der Waals surface area contributed by atoms with Crippen LogP contribution in [0.25, 0.3) is 0 Å². The van der Waals surface area contributed by atoms with E-state index in [1.807, 2.05) is 0 Å². The van der Waals surface area contributed by atoms with Gasteiger partial charge in [-0.15, -0.1) is 0 Å². The molecule has 15 nitrogen and oxygen atoms in total. The van der Waals surface area contributed by atoms with Crippen molar-refractivity contribution >= 4 is 23.0 Å². The molecule has 2 heterocycles. The molecule has 5 atom stereocenters. The van der Waals surface area contributed by atoms with E-state index in [-0.39, 0.29) is 12.0 Å². The number of nitrogens with one attached hydrogen (secondary N) is 1. The number of nitrogens with zero attached hydrogens (tertiary/aromatic N) is 1. The fourth-order valence-electron chi connectivity index (χ4n) is 2.48. The zero-order valence-corrected chi connectivity index (χ0v) is 17.4. The SMILES string of the molecule is Cc1cn(C2CC(O)C(COP(=O)(O)CP(=O)(O)OP(=O)(O)O)O2)c(=O)[nH]c1=O. The number of aliphatic hydroxyl groups is 1. The summed E-state index contributed by atoms with van der Waals surface area (Å²) in [5, 5.41) is 10.0. The van der Waals surface area contributed by atoms with Crippen LogP contribution in [0.15, 0.2) is 15.8 Å². The highest BCUT2D eigenvalue weighted by molar-refractivity contribution is 7.74. The van der Waals surface area contributed by atoms with E-state index >= 15 is 0 Å². The van der Waals surface area contributed by atoms with Crippen LogP contribution in [0.4, 0.5) is 0 Å². The fraction of sp³-hybridized carbons (Fsp3) is 0.636. The van der Waals surface area contributed by atoms with Gasteiger partial charge in [0.1, 0.15) is 12.3 Å². The maximum Gasteiger partial charge on any atom is 0.476 e. The molecule has 0 amide bonds. The summed E-state index contributed by atoms with van der Waals surface area (Å²) in [5.41, 5.74) is -1.20. The summed E-state index contributed by atoms with van der Waals surface area (Å²) in [5.74, 6) is -1.62. The molecule has 1 saturated heterocycles. The number of aromatic amines is 1. The van der Waals surface area contributed by atoms with Crippen molar-refractivity contribution < 1.29 is 51.9 Å². The standard InChI is InChI=1S/C11H19N2O13P3/c1-6-3-13(11(16)12-10(6)15)9-2-7(14)8(25-9)4-24-27(17,18)5-28(19,20)26-29(21,22)23/h3,7-9,14H,2,4-5H2,1H3,(H,17,18)(H,19,20)(H,12,15,16)(H2,21,22,23). The van der Waals surface area contributed by atoms with Crippen molar-refractivity contribution in [3.05, 3.63) is 32.6 Å². The Hall–Kier alpha value is -0.950. The monoisotopic (exact) mass is 480 g/mol. The minimum Gasteiger partial charge on any atom is -0.390 e. The van der Waals surface area contributed by atoms with E-state index < -0.39 is 65.2 Å². The lowest BCUT2D eigenvalue weighted by molar-refractivity contribution is -0.0423. The molecule has 1 aliphatic rings. The molecule has 0 saturated carbocycles. The Kier molecular flexibility index (Phi) is 7.26. The molecular formula is C11H19N2O13P3. The molecule has 1 aliphatic heterocycles. The summed E-state index contributed by atoms with van der Waals surface area (Å²) in [6.07, 6.45) is -2.43. The van der Waals surface area contributed by atoms with Gasteiger partial charge in [-0.1, -0.05) is 0 Å². The predicted octanol–water partition coefficient (Wildman–Crippen LogP) is -1.05. The highest BCUT2D eigenvalue weighted by Gasteiger charge is 2.41. The predicted molar refractivity (Wildman–Crippen MR) is 94.2 cm³/mol. The Morgan fingerprint density at radius 2 is 1.83 bits per heavy atom. The molecule has 6 N–H and O–H groups in total. The number of phosphoric acid groups is 1. The van der Waals surface area contributed by atoms with E-state index in [1.54, 1.807) is 0 Å². The lowest BCUT2D eigenvalue weighted by atomic mass is 10.2. The second kappa shape index (κ2) is 8.66. The van der Waals surface area contributed by atoms with Gasteiger partial charge >= 0.3 is 28.7 Å². The molecule has 0 radical (unpaired) electrons. The van der Waals surface area contributed by atoms with Gasteiger partial charge in [0.15, 0.2) is 5.90 Å². The van der Waals surface area contributed by atoms with E-state index in [0.717, 1.165) is 4.57 Å². The molecule has 5 unspecified atom stereocenters. The van der Waals surface area contributed by atoms with Gasteiger partial charge in [-0.25, -0.2) is 13.7 Å². The quantitative estimate of drug-likeness (QED) is 0.244. The van der Waals surface area contributed by atoms with Gasteiger partial charge in [0, 0.05) is 18.2 Å². The zero-order chi connectivity index (χ0) is 22.2. The lowest BCUT2D eigenvalue weighted by Crippen LogP contribution is -2.33. The molecule has 0 aromatic carbocycles. The molecule has 1 aromatic rings. The van der Waals surface area contributed by atoms with E-state index in [1.165, 1.54) is 13.1 Å². The first kappa shape index (κ1) is 24.3. The number of hydrogen-bond acceptors (Lipinski definition) is 9. The molecule has 0 spiro atoms. The van der Waals surface area contributed by atoms with Crippen LogP contribution in [0.3, 0.4) is 0 Å². The smallest absolute Gasteiger partial charge is 0.390 e. The first-order valence-corrected chi connectivity index (χ1v) is 12.8. The van der Waals surface area contributed by atoms with Gasteiger partial charge in [0.05, 0.1) is 12.7 Å². The topological polar surface area (TPSA) is 235 Å². The van der Waals surface area contributed by atoms with Gasteiger partial charge < -0.3 is 33.9 Å². The minimum atomic E-state index is -5.40. The Balaban J connectivity index is 2.03. The lowest BCUT2D eigenvalue weighted by Gasteiger charge is -2.20. The summed E-state index contributed by atoms with van der Waals surface area (Å²) in [7, 11) is -15.5. The average Bonchev–Trinajstić information content (AvgIpc) is 2.86. The van der Waals surface area contributed by atoms with Crippen molar-refractivity contribution in [2.24, 2.45) is 0 Å². The highest BCUT2D eigenvalue weighted by Crippen LogP contribution is 2.64. The van der Waals surface area contributed by atoms with Gasteiger partial charge in [0.25, 0.3) is 5.56 Å². The first-order chi connectivity index (χ1) is 13.1. The number of aromatic nitrogens is 2. The molecule has 1 fully saturated rings.